The number of halogens is 2. The number of carbonyl (C=O) groups is 1. The SMILES string of the molecule is CCOC(=O)C1=C(C)N=c2s/c(=C\c3cc(I)c(OC(C)C)c(I)c3)c(=O)n2[C@@H]1c1ccc(OCC)cc1. The van der Waals surface area contributed by atoms with E-state index in [0.717, 1.165) is 29.8 Å². The van der Waals surface area contributed by atoms with E-state index in [1.54, 1.807) is 18.4 Å². The number of rotatable bonds is 8. The molecule has 0 N–H and O–H groups in total. The summed E-state index contributed by atoms with van der Waals surface area (Å²) in [6.07, 6.45) is 1.93. The number of ether oxygens (including phenoxy) is 3. The van der Waals surface area contributed by atoms with E-state index in [2.05, 4.69) is 50.2 Å². The highest BCUT2D eigenvalue weighted by Crippen LogP contribution is 2.32. The molecule has 0 saturated heterocycles. The summed E-state index contributed by atoms with van der Waals surface area (Å²) in [6, 6.07) is 10.8. The summed E-state index contributed by atoms with van der Waals surface area (Å²) >= 11 is 5.82. The molecule has 1 aliphatic rings. The fraction of sp³-hybridized carbons (Fsp3) is 0.321. The van der Waals surface area contributed by atoms with Gasteiger partial charge in [-0.1, -0.05) is 23.5 Å². The first-order valence-corrected chi connectivity index (χ1v) is 15.2. The number of fused-ring (bicyclic) bond motifs is 1. The molecule has 10 heteroatoms. The topological polar surface area (TPSA) is 79.1 Å². The van der Waals surface area contributed by atoms with Crippen molar-refractivity contribution in [3.05, 3.63) is 85.6 Å². The van der Waals surface area contributed by atoms with Gasteiger partial charge in [-0.3, -0.25) is 9.36 Å². The lowest BCUT2D eigenvalue weighted by Gasteiger charge is -2.24. The largest absolute Gasteiger partial charge is 0.494 e. The predicted octanol–water partition coefficient (Wildman–Crippen LogP) is 5.19. The van der Waals surface area contributed by atoms with Crippen LogP contribution < -0.4 is 24.4 Å². The van der Waals surface area contributed by atoms with Gasteiger partial charge in [-0.25, -0.2) is 9.79 Å². The number of hydrogen-bond acceptors (Lipinski definition) is 7. The number of esters is 1. The zero-order valence-electron chi connectivity index (χ0n) is 21.7. The van der Waals surface area contributed by atoms with Gasteiger partial charge in [-0.15, -0.1) is 0 Å². The number of carbonyl (C=O) groups excluding carboxylic acids is 1. The van der Waals surface area contributed by atoms with Gasteiger partial charge in [0.25, 0.3) is 5.56 Å². The summed E-state index contributed by atoms with van der Waals surface area (Å²) in [5.74, 6) is 1.08. The summed E-state index contributed by atoms with van der Waals surface area (Å²) in [6.45, 7) is 10.2. The van der Waals surface area contributed by atoms with Crippen molar-refractivity contribution in [3.8, 4) is 11.5 Å². The van der Waals surface area contributed by atoms with Crippen LogP contribution in [0.25, 0.3) is 6.08 Å². The maximum absolute atomic E-state index is 13.8. The average Bonchev–Trinajstić information content (AvgIpc) is 3.15. The Balaban J connectivity index is 1.88. The lowest BCUT2D eigenvalue weighted by atomic mass is 9.96. The first kappa shape index (κ1) is 28.8. The molecule has 4 rings (SSSR count). The van der Waals surface area contributed by atoms with Gasteiger partial charge in [0.1, 0.15) is 11.5 Å². The summed E-state index contributed by atoms with van der Waals surface area (Å²) in [4.78, 5) is 32.1. The minimum Gasteiger partial charge on any atom is -0.494 e. The van der Waals surface area contributed by atoms with Crippen molar-refractivity contribution < 1.29 is 19.0 Å². The van der Waals surface area contributed by atoms with Crippen molar-refractivity contribution in [2.75, 3.05) is 13.2 Å². The van der Waals surface area contributed by atoms with E-state index in [9.17, 15) is 9.59 Å². The summed E-state index contributed by atoms with van der Waals surface area (Å²) in [5.41, 5.74) is 2.34. The fourth-order valence-electron chi connectivity index (χ4n) is 4.18. The Bertz CT molecular complexity index is 1550. The van der Waals surface area contributed by atoms with Crippen molar-refractivity contribution in [2.45, 2.75) is 46.8 Å². The first-order valence-electron chi connectivity index (χ1n) is 12.2. The molecule has 7 nitrogen and oxygen atoms in total. The van der Waals surface area contributed by atoms with Gasteiger partial charge in [-0.2, -0.15) is 0 Å². The van der Waals surface area contributed by atoms with E-state index < -0.39 is 12.0 Å². The Labute approximate surface area is 252 Å². The van der Waals surface area contributed by atoms with Crippen molar-refractivity contribution in [1.29, 1.82) is 0 Å². The van der Waals surface area contributed by atoms with Crippen LogP contribution in [0.3, 0.4) is 0 Å². The number of benzene rings is 2. The highest BCUT2D eigenvalue weighted by Gasteiger charge is 2.33. The third-order valence-corrected chi connectivity index (χ3v) is 8.28. The molecule has 200 valence electrons. The van der Waals surface area contributed by atoms with E-state index in [1.165, 1.54) is 11.3 Å². The molecule has 0 aliphatic carbocycles. The smallest absolute Gasteiger partial charge is 0.338 e. The van der Waals surface area contributed by atoms with Crippen LogP contribution in [0.4, 0.5) is 0 Å². The molecule has 2 heterocycles. The van der Waals surface area contributed by atoms with Gasteiger partial charge in [0, 0.05) is 0 Å². The third kappa shape index (κ3) is 6.01. The molecular formula is C28H28I2N2O5S. The molecule has 1 aromatic heterocycles. The maximum atomic E-state index is 13.8. The van der Waals surface area contributed by atoms with Crippen LogP contribution in [0, 0.1) is 7.14 Å². The normalized spacial score (nSPS) is 15.4. The zero-order valence-corrected chi connectivity index (χ0v) is 26.8. The standard InChI is InChI=1S/C28H28I2N2O5S/c1-6-35-19-10-8-18(9-11-19)24-23(27(34)36-7-2)16(5)31-28-32(24)26(33)22(38-28)14-17-12-20(29)25(21(30)13-17)37-15(3)4/h8-15,24H,6-7H2,1-5H3/b22-14-/t24-/m1/s1. The molecule has 0 radical (unpaired) electrons. The molecule has 1 aliphatic heterocycles. The first-order chi connectivity index (χ1) is 18.1. The summed E-state index contributed by atoms with van der Waals surface area (Å²) < 4.78 is 21.0. The van der Waals surface area contributed by atoms with Gasteiger partial charge in [0.15, 0.2) is 4.80 Å². The van der Waals surface area contributed by atoms with E-state index >= 15 is 0 Å². The minimum atomic E-state index is -0.662. The number of aromatic nitrogens is 1. The van der Waals surface area contributed by atoms with Crippen molar-refractivity contribution in [2.24, 2.45) is 4.99 Å². The molecule has 0 unspecified atom stereocenters. The minimum absolute atomic E-state index is 0.0611. The Kier molecular flexibility index (Phi) is 9.35. The molecule has 0 fully saturated rings. The molecule has 2 aromatic carbocycles. The number of nitrogens with zero attached hydrogens (tertiary/aromatic N) is 2. The molecule has 38 heavy (non-hydrogen) atoms. The third-order valence-electron chi connectivity index (χ3n) is 5.70. The van der Waals surface area contributed by atoms with Gasteiger partial charge in [0.2, 0.25) is 0 Å². The fourth-order valence-corrected chi connectivity index (χ4v) is 7.30. The predicted molar refractivity (Wildman–Crippen MR) is 166 cm³/mol. The molecule has 0 saturated carbocycles. The zero-order chi connectivity index (χ0) is 27.6. The van der Waals surface area contributed by atoms with E-state index in [-0.39, 0.29) is 18.3 Å². The van der Waals surface area contributed by atoms with Crippen LogP contribution >= 0.6 is 56.5 Å². The van der Waals surface area contributed by atoms with Crippen LogP contribution in [0.15, 0.2) is 57.5 Å². The van der Waals surface area contributed by atoms with Crippen molar-refractivity contribution in [1.82, 2.24) is 4.57 Å². The second kappa shape index (κ2) is 12.3. The molecule has 3 aromatic rings. The quantitative estimate of drug-likeness (QED) is 0.234. The Morgan fingerprint density at radius 3 is 2.37 bits per heavy atom. The van der Waals surface area contributed by atoms with Gasteiger partial charge < -0.3 is 14.2 Å². The van der Waals surface area contributed by atoms with Crippen molar-refractivity contribution >= 4 is 68.6 Å². The van der Waals surface area contributed by atoms with Crippen LogP contribution in [-0.2, 0) is 9.53 Å². The number of allylic oxidation sites excluding steroid dienone is 1. The summed E-state index contributed by atoms with van der Waals surface area (Å²) in [7, 11) is 0. The van der Waals surface area contributed by atoms with E-state index in [1.807, 2.05) is 63.2 Å². The van der Waals surface area contributed by atoms with Crippen LogP contribution in [0.2, 0.25) is 0 Å². The van der Waals surface area contributed by atoms with E-state index in [4.69, 9.17) is 14.2 Å². The maximum Gasteiger partial charge on any atom is 0.338 e. The molecule has 0 spiro atoms. The van der Waals surface area contributed by atoms with Gasteiger partial charge >= 0.3 is 5.97 Å². The number of thiazole rings is 1. The lowest BCUT2D eigenvalue weighted by molar-refractivity contribution is -0.139. The molecule has 0 bridgehead atoms. The number of hydrogen-bond donors (Lipinski definition) is 0. The Hall–Kier alpha value is -2.19. The highest BCUT2D eigenvalue weighted by atomic mass is 127. The Morgan fingerprint density at radius 1 is 1.13 bits per heavy atom. The highest BCUT2D eigenvalue weighted by molar-refractivity contribution is 14.1. The second-order valence-electron chi connectivity index (χ2n) is 8.78. The van der Waals surface area contributed by atoms with Gasteiger partial charge in [0.05, 0.1) is 48.3 Å². The Morgan fingerprint density at radius 2 is 1.79 bits per heavy atom. The van der Waals surface area contributed by atoms with Gasteiger partial charge in [-0.05, 0) is 121 Å². The molecule has 1 atom stereocenters. The van der Waals surface area contributed by atoms with E-state index in [0.29, 0.717) is 27.2 Å². The summed E-state index contributed by atoms with van der Waals surface area (Å²) in [5, 5.41) is 0. The van der Waals surface area contributed by atoms with Crippen LogP contribution in [0.5, 0.6) is 11.5 Å². The van der Waals surface area contributed by atoms with Crippen LogP contribution in [0.1, 0.15) is 51.8 Å². The molecule has 0 amide bonds. The monoisotopic (exact) mass is 758 g/mol. The second-order valence-corrected chi connectivity index (χ2v) is 12.1. The lowest BCUT2D eigenvalue weighted by Crippen LogP contribution is -2.39. The van der Waals surface area contributed by atoms with Crippen LogP contribution in [-0.4, -0.2) is 29.9 Å². The molecular weight excluding hydrogens is 730 g/mol. The van der Waals surface area contributed by atoms with Crippen molar-refractivity contribution in [3.63, 3.8) is 0 Å². The average molecular weight is 758 g/mol.